The second-order valence-electron chi connectivity index (χ2n) is 4.35. The molecule has 0 aromatic heterocycles. The molecule has 0 unspecified atom stereocenters. The van der Waals surface area contributed by atoms with Gasteiger partial charge in [0.05, 0.1) is 0 Å². The van der Waals surface area contributed by atoms with Gasteiger partial charge in [0.1, 0.15) is 23.1 Å². The van der Waals surface area contributed by atoms with Crippen molar-refractivity contribution >= 4 is 0 Å². The van der Waals surface area contributed by atoms with Gasteiger partial charge in [0.2, 0.25) is 0 Å². The van der Waals surface area contributed by atoms with E-state index < -0.39 is 0 Å². The molecular formula is C15H15F2NO. The Morgan fingerprint density at radius 1 is 1.05 bits per heavy atom. The van der Waals surface area contributed by atoms with Crippen molar-refractivity contribution in [3.05, 3.63) is 59.2 Å². The highest BCUT2D eigenvalue weighted by atomic mass is 19.1. The molecule has 2 aromatic rings. The van der Waals surface area contributed by atoms with Crippen molar-refractivity contribution in [3.63, 3.8) is 0 Å². The monoisotopic (exact) mass is 263 g/mol. The van der Waals surface area contributed by atoms with Crippen LogP contribution < -0.4 is 10.5 Å². The molecule has 0 spiro atoms. The van der Waals surface area contributed by atoms with E-state index in [2.05, 4.69) is 0 Å². The van der Waals surface area contributed by atoms with Crippen molar-refractivity contribution in [1.29, 1.82) is 0 Å². The highest BCUT2D eigenvalue weighted by molar-refractivity contribution is 5.39. The molecule has 2 aromatic carbocycles. The summed E-state index contributed by atoms with van der Waals surface area (Å²) in [6.45, 7) is 2.18. The summed E-state index contributed by atoms with van der Waals surface area (Å²) in [4.78, 5) is 0. The maximum atomic E-state index is 13.4. The lowest BCUT2D eigenvalue weighted by Gasteiger charge is -2.10. The molecule has 0 saturated carbocycles. The normalized spacial score (nSPS) is 10.5. The number of hydrogen-bond acceptors (Lipinski definition) is 2. The third kappa shape index (κ3) is 3.51. The Morgan fingerprint density at radius 3 is 2.53 bits per heavy atom. The first-order chi connectivity index (χ1) is 9.08. The van der Waals surface area contributed by atoms with Crippen LogP contribution in [0.5, 0.6) is 11.5 Å². The van der Waals surface area contributed by atoms with Crippen molar-refractivity contribution in [2.45, 2.75) is 13.3 Å². The first kappa shape index (κ1) is 13.5. The van der Waals surface area contributed by atoms with Crippen molar-refractivity contribution in [2.75, 3.05) is 6.54 Å². The van der Waals surface area contributed by atoms with Gasteiger partial charge in [-0.3, -0.25) is 0 Å². The van der Waals surface area contributed by atoms with Crippen LogP contribution in [0.4, 0.5) is 8.78 Å². The van der Waals surface area contributed by atoms with Crippen LogP contribution in [0.25, 0.3) is 0 Å². The van der Waals surface area contributed by atoms with E-state index in [1.54, 1.807) is 13.0 Å². The Morgan fingerprint density at radius 2 is 1.84 bits per heavy atom. The highest BCUT2D eigenvalue weighted by Crippen LogP contribution is 2.27. The average Bonchev–Trinajstić information content (AvgIpc) is 2.32. The number of rotatable bonds is 4. The summed E-state index contributed by atoms with van der Waals surface area (Å²) in [6, 6.07) is 8.66. The number of aryl methyl sites for hydroxylation is 1. The number of ether oxygens (including phenoxy) is 1. The summed E-state index contributed by atoms with van der Waals surface area (Å²) < 4.78 is 32.0. The lowest BCUT2D eigenvalue weighted by molar-refractivity contribution is 0.470. The second kappa shape index (κ2) is 5.80. The van der Waals surface area contributed by atoms with Crippen LogP contribution in [0.1, 0.15) is 11.1 Å². The predicted octanol–water partition coefficient (Wildman–Crippen LogP) is 3.57. The molecule has 100 valence electrons. The fourth-order valence-electron chi connectivity index (χ4n) is 1.84. The van der Waals surface area contributed by atoms with Crippen LogP contribution in [0.15, 0.2) is 36.4 Å². The van der Waals surface area contributed by atoms with E-state index in [-0.39, 0.29) is 11.6 Å². The fraction of sp³-hybridized carbons (Fsp3) is 0.200. The van der Waals surface area contributed by atoms with E-state index in [1.165, 1.54) is 30.3 Å². The van der Waals surface area contributed by atoms with E-state index >= 15 is 0 Å². The van der Waals surface area contributed by atoms with Gasteiger partial charge in [-0.2, -0.15) is 0 Å². The van der Waals surface area contributed by atoms with Gasteiger partial charge in [0.25, 0.3) is 0 Å². The molecule has 2 nitrogen and oxygen atoms in total. The third-order valence-electron chi connectivity index (χ3n) is 2.73. The van der Waals surface area contributed by atoms with E-state index in [1.807, 2.05) is 0 Å². The molecule has 0 aliphatic rings. The van der Waals surface area contributed by atoms with Gasteiger partial charge in [0.15, 0.2) is 0 Å². The zero-order valence-electron chi connectivity index (χ0n) is 10.6. The van der Waals surface area contributed by atoms with Gasteiger partial charge in [-0.05, 0) is 61.3 Å². The third-order valence-corrected chi connectivity index (χ3v) is 2.73. The summed E-state index contributed by atoms with van der Waals surface area (Å²) in [7, 11) is 0. The Kier molecular flexibility index (Phi) is 4.12. The Hall–Kier alpha value is -1.94. The highest BCUT2D eigenvalue weighted by Gasteiger charge is 2.06. The number of halogens is 2. The SMILES string of the molecule is Cc1cc(F)ccc1Oc1cc(F)cc(CCN)c1. The molecule has 2 N–H and O–H groups in total. The minimum Gasteiger partial charge on any atom is -0.457 e. The largest absolute Gasteiger partial charge is 0.457 e. The Bertz CT molecular complexity index is 584. The van der Waals surface area contributed by atoms with Crippen molar-refractivity contribution in [2.24, 2.45) is 5.73 Å². The van der Waals surface area contributed by atoms with E-state index in [0.717, 1.165) is 5.56 Å². The van der Waals surface area contributed by atoms with Crippen LogP contribution in [-0.4, -0.2) is 6.54 Å². The molecule has 4 heteroatoms. The smallest absolute Gasteiger partial charge is 0.130 e. The standard InChI is InChI=1S/C15H15F2NO/c1-10-6-12(16)2-3-15(10)19-14-8-11(4-5-18)7-13(17)9-14/h2-3,6-9H,4-5,18H2,1H3. The fourth-order valence-corrected chi connectivity index (χ4v) is 1.84. The maximum absolute atomic E-state index is 13.4. The molecule has 0 radical (unpaired) electrons. The first-order valence-corrected chi connectivity index (χ1v) is 6.02. The molecule has 0 heterocycles. The molecule has 0 saturated heterocycles. The topological polar surface area (TPSA) is 35.2 Å². The molecule has 0 aliphatic carbocycles. The van der Waals surface area contributed by atoms with Gasteiger partial charge < -0.3 is 10.5 Å². The molecule has 19 heavy (non-hydrogen) atoms. The van der Waals surface area contributed by atoms with E-state index in [4.69, 9.17) is 10.5 Å². The van der Waals surface area contributed by atoms with Crippen LogP contribution >= 0.6 is 0 Å². The minimum atomic E-state index is -0.374. The van der Waals surface area contributed by atoms with Crippen molar-refractivity contribution in [1.82, 2.24) is 0 Å². The van der Waals surface area contributed by atoms with Gasteiger partial charge >= 0.3 is 0 Å². The van der Waals surface area contributed by atoms with Crippen molar-refractivity contribution < 1.29 is 13.5 Å². The zero-order valence-corrected chi connectivity index (χ0v) is 10.6. The molecule has 0 atom stereocenters. The zero-order chi connectivity index (χ0) is 13.8. The van der Waals surface area contributed by atoms with Crippen LogP contribution in [0.3, 0.4) is 0 Å². The van der Waals surface area contributed by atoms with Gasteiger partial charge in [-0.15, -0.1) is 0 Å². The summed E-state index contributed by atoms with van der Waals surface area (Å²) in [5.74, 6) is 0.192. The number of nitrogens with two attached hydrogens (primary N) is 1. The Labute approximate surface area is 110 Å². The van der Waals surface area contributed by atoms with Crippen LogP contribution in [0.2, 0.25) is 0 Å². The Balaban J connectivity index is 2.27. The van der Waals surface area contributed by atoms with Gasteiger partial charge in [-0.25, -0.2) is 8.78 Å². The van der Waals surface area contributed by atoms with Gasteiger partial charge in [0, 0.05) is 6.07 Å². The second-order valence-corrected chi connectivity index (χ2v) is 4.35. The van der Waals surface area contributed by atoms with E-state index in [0.29, 0.717) is 30.0 Å². The molecular weight excluding hydrogens is 248 g/mol. The predicted molar refractivity (Wildman–Crippen MR) is 70.4 cm³/mol. The first-order valence-electron chi connectivity index (χ1n) is 6.02. The quantitative estimate of drug-likeness (QED) is 0.915. The lowest BCUT2D eigenvalue weighted by atomic mass is 10.1. The molecule has 0 aliphatic heterocycles. The molecule has 2 rings (SSSR count). The molecule has 0 amide bonds. The maximum Gasteiger partial charge on any atom is 0.130 e. The molecule has 0 bridgehead atoms. The average molecular weight is 263 g/mol. The summed E-state index contributed by atoms with van der Waals surface area (Å²) in [5.41, 5.74) is 6.88. The summed E-state index contributed by atoms with van der Waals surface area (Å²) >= 11 is 0. The number of benzene rings is 2. The molecule has 0 fully saturated rings. The summed E-state index contributed by atoms with van der Waals surface area (Å²) in [5, 5.41) is 0. The lowest BCUT2D eigenvalue weighted by Crippen LogP contribution is -2.03. The van der Waals surface area contributed by atoms with Crippen LogP contribution in [-0.2, 0) is 6.42 Å². The van der Waals surface area contributed by atoms with E-state index in [9.17, 15) is 8.78 Å². The minimum absolute atomic E-state index is 0.326. The summed E-state index contributed by atoms with van der Waals surface area (Å²) in [6.07, 6.45) is 0.580. The van der Waals surface area contributed by atoms with Crippen LogP contribution in [0, 0.1) is 18.6 Å². The van der Waals surface area contributed by atoms with Crippen molar-refractivity contribution in [3.8, 4) is 11.5 Å². The number of hydrogen-bond donors (Lipinski definition) is 1. The van der Waals surface area contributed by atoms with Gasteiger partial charge in [-0.1, -0.05) is 0 Å².